The zero-order valence-electron chi connectivity index (χ0n) is 17.5. The summed E-state index contributed by atoms with van der Waals surface area (Å²) in [5.41, 5.74) is 0.375. The first kappa shape index (κ1) is 23.4. The zero-order chi connectivity index (χ0) is 21.4. The van der Waals surface area contributed by atoms with E-state index in [0.717, 1.165) is 11.3 Å². The van der Waals surface area contributed by atoms with Gasteiger partial charge in [0.2, 0.25) is 0 Å². The van der Waals surface area contributed by atoms with Crippen LogP contribution >= 0.6 is 0 Å². The van der Waals surface area contributed by atoms with Crippen molar-refractivity contribution in [3.63, 3.8) is 0 Å². The Labute approximate surface area is 172 Å². The highest BCUT2D eigenvalue weighted by Gasteiger charge is 2.33. The topological polar surface area (TPSA) is 111 Å². The predicted octanol–water partition coefficient (Wildman–Crippen LogP) is 1.27. The second-order valence-corrected chi connectivity index (χ2v) is 8.40. The van der Waals surface area contributed by atoms with Gasteiger partial charge >= 0.3 is 6.09 Å². The third-order valence-corrected chi connectivity index (χ3v) is 4.54. The number of β-amino-alcohol motifs (C(OH)–C–C–N with tert-alkyl or cyclic N) is 2. The number of benzene rings is 1. The van der Waals surface area contributed by atoms with Crippen molar-refractivity contribution < 1.29 is 29.6 Å². The monoisotopic (exact) mass is 410 g/mol. The molecule has 1 heterocycles. The lowest BCUT2D eigenvalue weighted by Crippen LogP contribution is -2.46. The second-order valence-electron chi connectivity index (χ2n) is 8.40. The number of ether oxygens (including phenoxy) is 2. The maximum atomic E-state index is 12.3. The molecule has 29 heavy (non-hydrogen) atoms. The molecule has 164 valence electrons. The van der Waals surface area contributed by atoms with Gasteiger partial charge in [0, 0.05) is 25.6 Å². The molecule has 4 N–H and O–H groups in total. The molecule has 1 aromatic carbocycles. The van der Waals surface area contributed by atoms with Crippen molar-refractivity contribution in [1.82, 2.24) is 10.2 Å². The molecule has 0 spiro atoms. The van der Waals surface area contributed by atoms with E-state index in [-0.39, 0.29) is 25.7 Å². The summed E-state index contributed by atoms with van der Waals surface area (Å²) in [6.07, 6.45) is -1.18. The van der Waals surface area contributed by atoms with Gasteiger partial charge in [-0.3, -0.25) is 0 Å². The quantitative estimate of drug-likeness (QED) is 0.501. The number of nitrogens with zero attached hydrogens (tertiary/aromatic N) is 1. The van der Waals surface area contributed by atoms with Crippen LogP contribution in [0.4, 0.5) is 4.79 Å². The van der Waals surface area contributed by atoms with E-state index < -0.39 is 23.9 Å². The summed E-state index contributed by atoms with van der Waals surface area (Å²) in [4.78, 5) is 13.7. The molecule has 1 aromatic rings. The van der Waals surface area contributed by atoms with Crippen LogP contribution in [-0.2, 0) is 11.3 Å². The smallest absolute Gasteiger partial charge is 0.410 e. The molecule has 1 aliphatic rings. The molecule has 1 fully saturated rings. The van der Waals surface area contributed by atoms with Crippen molar-refractivity contribution in [3.8, 4) is 5.75 Å². The third-order valence-electron chi connectivity index (χ3n) is 4.54. The van der Waals surface area contributed by atoms with Gasteiger partial charge in [0.1, 0.15) is 11.4 Å². The minimum absolute atomic E-state index is 0.0985. The molecule has 0 radical (unpaired) electrons. The van der Waals surface area contributed by atoms with E-state index in [0.29, 0.717) is 26.0 Å². The number of hydrogen-bond acceptors (Lipinski definition) is 7. The van der Waals surface area contributed by atoms with Crippen molar-refractivity contribution in [2.24, 2.45) is 0 Å². The fraction of sp³-hybridized carbons (Fsp3) is 0.667. The van der Waals surface area contributed by atoms with Crippen LogP contribution in [0.15, 0.2) is 24.3 Å². The van der Waals surface area contributed by atoms with Crippen LogP contribution in [0.2, 0.25) is 0 Å². The molecular formula is C21H34N2O6. The fourth-order valence-corrected chi connectivity index (χ4v) is 3.11. The van der Waals surface area contributed by atoms with Crippen LogP contribution in [0.25, 0.3) is 0 Å². The van der Waals surface area contributed by atoms with Gasteiger partial charge in [0.15, 0.2) is 0 Å². The van der Waals surface area contributed by atoms with Crippen LogP contribution in [-0.4, -0.2) is 76.5 Å². The normalized spacial score (nSPS) is 22.8. The Morgan fingerprint density at radius 3 is 2.52 bits per heavy atom. The number of amides is 1. The average Bonchev–Trinajstić information content (AvgIpc) is 2.78. The van der Waals surface area contributed by atoms with E-state index in [1.54, 1.807) is 20.8 Å². The largest absolute Gasteiger partial charge is 0.494 e. The number of aliphatic hydroxyl groups excluding tert-OH is 3. The van der Waals surface area contributed by atoms with Gasteiger partial charge < -0.3 is 35.0 Å². The van der Waals surface area contributed by atoms with Crippen LogP contribution in [0.3, 0.4) is 0 Å². The molecule has 1 saturated heterocycles. The fourth-order valence-electron chi connectivity index (χ4n) is 3.11. The number of carbonyl (C=O) groups excluding carboxylic acids is 1. The van der Waals surface area contributed by atoms with Gasteiger partial charge in [0.25, 0.3) is 0 Å². The molecule has 8 heteroatoms. The highest BCUT2D eigenvalue weighted by atomic mass is 16.6. The number of aliphatic hydroxyl groups is 3. The van der Waals surface area contributed by atoms with Crippen LogP contribution in [0.5, 0.6) is 5.75 Å². The van der Waals surface area contributed by atoms with Gasteiger partial charge in [-0.15, -0.1) is 0 Å². The second kappa shape index (κ2) is 10.8. The molecular weight excluding hydrogens is 376 g/mol. The van der Waals surface area contributed by atoms with Crippen molar-refractivity contribution in [2.45, 2.75) is 64.0 Å². The first-order valence-corrected chi connectivity index (χ1v) is 10.1. The molecule has 0 bridgehead atoms. The summed E-state index contributed by atoms with van der Waals surface area (Å²) in [5.74, 6) is 0.736. The van der Waals surface area contributed by atoms with Crippen molar-refractivity contribution in [3.05, 3.63) is 29.8 Å². The molecule has 8 nitrogen and oxygen atoms in total. The Morgan fingerprint density at radius 1 is 1.21 bits per heavy atom. The van der Waals surface area contributed by atoms with Crippen LogP contribution in [0.1, 0.15) is 39.2 Å². The summed E-state index contributed by atoms with van der Waals surface area (Å²) in [6.45, 7) is 6.65. The Hall–Kier alpha value is -1.87. The number of nitrogens with one attached hydrogen (secondary N) is 1. The van der Waals surface area contributed by atoms with Crippen molar-refractivity contribution in [2.75, 3.05) is 26.3 Å². The van der Waals surface area contributed by atoms with E-state index in [1.165, 1.54) is 4.90 Å². The lowest BCUT2D eigenvalue weighted by atomic mass is 10.0. The van der Waals surface area contributed by atoms with Gasteiger partial charge in [0.05, 0.1) is 31.9 Å². The molecule has 0 aromatic heterocycles. The first-order chi connectivity index (χ1) is 13.7. The Bertz CT molecular complexity index is 631. The molecule has 2 rings (SSSR count). The maximum Gasteiger partial charge on any atom is 0.410 e. The van der Waals surface area contributed by atoms with Crippen molar-refractivity contribution in [1.29, 1.82) is 0 Å². The van der Waals surface area contributed by atoms with Crippen LogP contribution in [0, 0.1) is 0 Å². The van der Waals surface area contributed by atoms with Crippen LogP contribution < -0.4 is 10.1 Å². The Balaban J connectivity index is 1.88. The average molecular weight is 411 g/mol. The van der Waals surface area contributed by atoms with E-state index in [4.69, 9.17) is 14.6 Å². The third kappa shape index (κ3) is 8.18. The number of hydrogen-bond donors (Lipinski definition) is 4. The van der Waals surface area contributed by atoms with E-state index in [9.17, 15) is 15.0 Å². The highest BCUT2D eigenvalue weighted by Crippen LogP contribution is 2.18. The summed E-state index contributed by atoms with van der Waals surface area (Å²) >= 11 is 0. The predicted molar refractivity (Wildman–Crippen MR) is 109 cm³/mol. The minimum atomic E-state index is -0.819. The number of likely N-dealkylation sites (tertiary alicyclic amines) is 1. The number of carbonyl (C=O) groups is 1. The number of rotatable bonds is 7. The van der Waals surface area contributed by atoms with Gasteiger partial charge in [-0.05, 0) is 44.9 Å². The lowest BCUT2D eigenvalue weighted by Gasteiger charge is -2.28. The maximum absolute atomic E-state index is 12.3. The van der Waals surface area contributed by atoms with Gasteiger partial charge in [-0.25, -0.2) is 4.79 Å². The van der Waals surface area contributed by atoms with Gasteiger partial charge in [-0.1, -0.05) is 12.1 Å². The van der Waals surface area contributed by atoms with E-state index in [2.05, 4.69) is 5.32 Å². The van der Waals surface area contributed by atoms with E-state index >= 15 is 0 Å². The summed E-state index contributed by atoms with van der Waals surface area (Å²) in [6, 6.07) is 7.22. The summed E-state index contributed by atoms with van der Waals surface area (Å²) in [5, 5.41) is 32.9. The Kier molecular flexibility index (Phi) is 8.70. The first-order valence-electron chi connectivity index (χ1n) is 10.1. The molecule has 1 amide bonds. The Morgan fingerprint density at radius 2 is 1.90 bits per heavy atom. The summed E-state index contributed by atoms with van der Waals surface area (Å²) < 4.78 is 10.9. The molecule has 3 atom stereocenters. The van der Waals surface area contributed by atoms with Crippen molar-refractivity contribution >= 4 is 6.09 Å². The SMILES string of the molecule is CC(C)(C)OC(=O)N1C[C@H](O)C[C@@H](NCc2ccc(OCCCO)cc2)[C@H](O)C1. The standard InChI is InChI=1S/C21H34N2O6/c1-21(2,3)29-20(27)23-13-16(25)11-18(19(26)14-23)22-12-15-5-7-17(8-6-15)28-10-4-9-24/h5-8,16,18-19,22,24-26H,4,9-14H2,1-3H3/t16-,18-,19-/m1/s1. The highest BCUT2D eigenvalue weighted by molar-refractivity contribution is 5.68. The summed E-state index contributed by atoms with van der Waals surface area (Å²) in [7, 11) is 0. The molecule has 0 aliphatic carbocycles. The lowest BCUT2D eigenvalue weighted by molar-refractivity contribution is 0.0104. The molecule has 0 saturated carbocycles. The van der Waals surface area contributed by atoms with E-state index in [1.807, 2.05) is 24.3 Å². The van der Waals surface area contributed by atoms with Gasteiger partial charge in [-0.2, -0.15) is 0 Å². The molecule has 1 aliphatic heterocycles. The molecule has 0 unspecified atom stereocenters. The minimum Gasteiger partial charge on any atom is -0.494 e. The zero-order valence-corrected chi connectivity index (χ0v) is 17.5.